The summed E-state index contributed by atoms with van der Waals surface area (Å²) in [4.78, 5) is 0. The molecule has 0 aromatic rings. The summed E-state index contributed by atoms with van der Waals surface area (Å²) in [5.74, 6) is 1.98. The summed E-state index contributed by atoms with van der Waals surface area (Å²) in [5.41, 5.74) is 0. The number of hydrogen-bond donors (Lipinski definition) is 0. The molecule has 0 bridgehead atoms. The molecule has 2 aliphatic carbocycles. The van der Waals surface area contributed by atoms with Crippen LogP contribution in [0.2, 0.25) is 30.5 Å². The average molecular weight is 319 g/mol. The lowest BCUT2D eigenvalue weighted by atomic mass is 9.29. The Hall–Kier alpha value is 0.862. The van der Waals surface area contributed by atoms with Gasteiger partial charge in [0.25, 0.3) is 0 Å². The number of rotatable bonds is 5. The molecule has 110 valence electrons. The van der Waals surface area contributed by atoms with E-state index in [1.54, 1.807) is 0 Å². The molecule has 0 aromatic carbocycles. The van der Waals surface area contributed by atoms with Crippen LogP contribution in [0.25, 0.3) is 0 Å². The van der Waals surface area contributed by atoms with E-state index in [0.29, 0.717) is 0 Å². The molecule has 4 heteroatoms. The first kappa shape index (κ1) is 16.2. The van der Waals surface area contributed by atoms with Gasteiger partial charge in [0.05, 0.1) is 0 Å². The van der Waals surface area contributed by atoms with Crippen molar-refractivity contribution in [3.63, 3.8) is 0 Å². The van der Waals surface area contributed by atoms with Gasteiger partial charge in [-0.25, -0.2) is 0 Å². The molecule has 0 N–H and O–H groups in total. The Morgan fingerprint density at radius 2 is 1.26 bits per heavy atom. The van der Waals surface area contributed by atoms with E-state index in [1.165, 1.54) is 70.5 Å². The summed E-state index contributed by atoms with van der Waals surface area (Å²) < 4.78 is 0. The number of hydrogen-bond acceptors (Lipinski definition) is 0. The molecule has 0 unspecified atom stereocenters. The Kier molecular flexibility index (Phi) is 6.62. The van der Waals surface area contributed by atoms with Crippen molar-refractivity contribution in [1.82, 2.24) is 0 Å². The second kappa shape index (κ2) is 7.75. The van der Waals surface area contributed by atoms with Crippen LogP contribution in [-0.4, -0.2) is 13.4 Å². The molecule has 0 nitrogen and oxygen atoms in total. The summed E-state index contributed by atoms with van der Waals surface area (Å²) in [7, 11) is 0. The molecule has 2 fully saturated rings. The van der Waals surface area contributed by atoms with Crippen molar-refractivity contribution in [2.45, 2.75) is 94.8 Å². The van der Waals surface area contributed by atoms with E-state index in [2.05, 4.69) is 6.55 Å². The third kappa shape index (κ3) is 5.63. The molecule has 0 spiro atoms. The Labute approximate surface area is 130 Å². The molecular weight excluding hydrogens is 290 g/mol. The van der Waals surface area contributed by atoms with Gasteiger partial charge in [-0.1, -0.05) is 82.2 Å². The fourth-order valence-corrected chi connectivity index (χ4v) is 5.90. The zero-order valence-electron chi connectivity index (χ0n) is 12.5. The van der Waals surface area contributed by atoms with Crippen LogP contribution in [0.4, 0.5) is 0 Å². The Morgan fingerprint density at radius 1 is 0.842 bits per heavy atom. The van der Waals surface area contributed by atoms with Gasteiger partial charge in [-0.3, -0.25) is 0 Å². The van der Waals surface area contributed by atoms with E-state index >= 15 is 0 Å². The molecule has 0 atom stereocenters. The van der Waals surface area contributed by atoms with Gasteiger partial charge < -0.3 is 0 Å². The summed E-state index contributed by atoms with van der Waals surface area (Å²) in [6.45, 7) is 1.12. The minimum absolute atomic E-state index is 0.935. The first-order valence-electron chi connectivity index (χ1n) is 8.44. The molecule has 2 saturated carbocycles. The highest BCUT2D eigenvalue weighted by molar-refractivity contribution is 7.45. The van der Waals surface area contributed by atoms with E-state index in [0.717, 1.165) is 24.4 Å². The van der Waals surface area contributed by atoms with E-state index in [4.69, 9.17) is 22.2 Å². The van der Waals surface area contributed by atoms with Gasteiger partial charge in [0.1, 0.15) is 6.71 Å². The van der Waals surface area contributed by atoms with Gasteiger partial charge >= 0.3 is 0 Å². The van der Waals surface area contributed by atoms with Crippen molar-refractivity contribution in [1.29, 1.82) is 0 Å². The van der Waals surface area contributed by atoms with Crippen LogP contribution in [0.5, 0.6) is 0 Å². The molecule has 0 aliphatic heterocycles. The Bertz CT molecular complexity index is 237. The van der Waals surface area contributed by atoms with Crippen molar-refractivity contribution in [2.24, 2.45) is 0 Å². The topological polar surface area (TPSA) is 0 Å². The van der Waals surface area contributed by atoms with Crippen LogP contribution in [0, 0.1) is 0 Å². The van der Waals surface area contributed by atoms with Crippen LogP contribution in [0.3, 0.4) is 0 Å². The van der Waals surface area contributed by atoms with Crippen molar-refractivity contribution in [2.75, 3.05) is 0 Å². The minimum Gasteiger partial charge on any atom is -0.146 e. The van der Waals surface area contributed by atoms with Crippen LogP contribution in [0.15, 0.2) is 0 Å². The predicted octanol–water partition coefficient (Wildman–Crippen LogP) is 6.70. The zero-order chi connectivity index (χ0) is 13.7. The quantitative estimate of drug-likeness (QED) is 0.391. The van der Waals surface area contributed by atoms with E-state index < -0.39 is 6.69 Å². The molecule has 0 amide bonds. The van der Waals surface area contributed by atoms with Crippen LogP contribution in [0.1, 0.15) is 64.2 Å². The standard InChI is InChI=1S/C15H29BCl2Si/c1-19(17,18)13-12-16(14-8-4-2-5-9-14)15-10-6-3-7-11-15/h14-15H,2-13H2,1H3. The second-order valence-corrected chi connectivity index (χ2v) is 15.3. The first-order chi connectivity index (χ1) is 9.06. The van der Waals surface area contributed by atoms with Crippen LogP contribution < -0.4 is 0 Å². The SMILES string of the molecule is C[Si](Cl)(Cl)CCB(C1CCCCC1)C1CCCCC1. The third-order valence-electron chi connectivity index (χ3n) is 5.43. The summed E-state index contributed by atoms with van der Waals surface area (Å²) >= 11 is 12.7. The van der Waals surface area contributed by atoms with Crippen molar-refractivity contribution in [3.8, 4) is 0 Å². The van der Waals surface area contributed by atoms with Gasteiger partial charge in [0.15, 0.2) is 0 Å². The highest BCUT2D eigenvalue weighted by Crippen LogP contribution is 2.44. The summed E-state index contributed by atoms with van der Waals surface area (Å²) in [6.07, 6.45) is 16.0. The van der Waals surface area contributed by atoms with E-state index in [1.807, 2.05) is 0 Å². The average Bonchev–Trinajstić information content (AvgIpc) is 2.40. The lowest BCUT2D eigenvalue weighted by Gasteiger charge is -2.36. The molecule has 2 aliphatic rings. The maximum Gasteiger partial charge on any atom is 0.247 e. The summed E-state index contributed by atoms with van der Waals surface area (Å²) in [5, 5.41) is 0. The largest absolute Gasteiger partial charge is 0.247 e. The first-order valence-corrected chi connectivity index (χ1v) is 13.2. The Morgan fingerprint density at radius 3 is 1.63 bits per heavy atom. The lowest BCUT2D eigenvalue weighted by Crippen LogP contribution is -2.31. The molecular formula is C15H29BCl2Si. The maximum absolute atomic E-state index is 6.36. The van der Waals surface area contributed by atoms with Crippen LogP contribution in [-0.2, 0) is 0 Å². The maximum atomic E-state index is 6.36. The lowest BCUT2D eigenvalue weighted by molar-refractivity contribution is 0.460. The molecule has 0 radical (unpaired) electrons. The van der Waals surface area contributed by atoms with Crippen molar-refractivity contribution < 1.29 is 0 Å². The van der Waals surface area contributed by atoms with Gasteiger partial charge in [0, 0.05) is 0 Å². The minimum atomic E-state index is -1.90. The second-order valence-electron chi connectivity index (χ2n) is 7.07. The van der Waals surface area contributed by atoms with E-state index in [9.17, 15) is 0 Å². The molecule has 19 heavy (non-hydrogen) atoms. The normalized spacial score (nSPS) is 23.5. The molecule has 0 aromatic heterocycles. The summed E-state index contributed by atoms with van der Waals surface area (Å²) in [6, 6.07) is 1.10. The molecule has 2 rings (SSSR count). The van der Waals surface area contributed by atoms with Gasteiger partial charge in [0.2, 0.25) is 6.69 Å². The molecule has 0 saturated heterocycles. The van der Waals surface area contributed by atoms with Gasteiger partial charge in [-0.15, -0.1) is 22.2 Å². The van der Waals surface area contributed by atoms with E-state index in [-0.39, 0.29) is 0 Å². The van der Waals surface area contributed by atoms with Gasteiger partial charge in [-0.2, -0.15) is 0 Å². The fourth-order valence-electron chi connectivity index (χ4n) is 4.40. The molecule has 0 heterocycles. The number of halogens is 2. The third-order valence-corrected chi connectivity index (χ3v) is 7.73. The van der Waals surface area contributed by atoms with Crippen molar-refractivity contribution >= 4 is 35.6 Å². The van der Waals surface area contributed by atoms with Crippen LogP contribution >= 0.6 is 22.2 Å². The monoisotopic (exact) mass is 318 g/mol. The fraction of sp³-hybridized carbons (Fsp3) is 1.00. The highest BCUT2D eigenvalue weighted by atomic mass is 35.7. The Balaban J connectivity index is 1.94. The highest BCUT2D eigenvalue weighted by Gasteiger charge is 2.36. The van der Waals surface area contributed by atoms with Crippen molar-refractivity contribution in [3.05, 3.63) is 0 Å². The smallest absolute Gasteiger partial charge is 0.146 e. The zero-order valence-corrected chi connectivity index (χ0v) is 15.0. The van der Waals surface area contributed by atoms with Gasteiger partial charge in [-0.05, 0) is 12.6 Å². The predicted molar refractivity (Wildman–Crippen MR) is 92.4 cm³/mol.